The summed E-state index contributed by atoms with van der Waals surface area (Å²) < 4.78 is 44.6. The molecule has 4 nitrogen and oxygen atoms in total. The molecule has 0 fully saturated rings. The van der Waals surface area contributed by atoms with Gasteiger partial charge in [0.2, 0.25) is 0 Å². The van der Waals surface area contributed by atoms with Gasteiger partial charge in [0.1, 0.15) is 5.82 Å². The van der Waals surface area contributed by atoms with Gasteiger partial charge in [0.05, 0.1) is 17.2 Å². The van der Waals surface area contributed by atoms with Crippen LogP contribution in [0.3, 0.4) is 0 Å². The molecule has 2 rings (SSSR count). The predicted octanol–water partition coefficient (Wildman–Crippen LogP) is 2.77. The number of benzene rings is 2. The molecule has 2 aromatic carbocycles. The number of sulfonamides is 1. The van der Waals surface area contributed by atoms with E-state index in [2.05, 4.69) is 4.72 Å². The van der Waals surface area contributed by atoms with Crippen molar-refractivity contribution in [2.45, 2.75) is 11.5 Å². The Balaban J connectivity index is 2.21. The van der Waals surface area contributed by atoms with Crippen molar-refractivity contribution in [2.75, 3.05) is 11.8 Å². The standard InChI is InChI=1S/C14H14FNO3S/c1-19-10-11-5-7-14(8-6-11)20(17,18)16-13-4-2-3-12(15)9-13/h2-9,16H,10H2,1H3. The van der Waals surface area contributed by atoms with E-state index in [0.29, 0.717) is 6.61 Å². The molecule has 0 aliphatic carbocycles. The predicted molar refractivity (Wildman–Crippen MR) is 74.4 cm³/mol. The Morgan fingerprint density at radius 1 is 1.15 bits per heavy atom. The zero-order chi connectivity index (χ0) is 14.6. The molecule has 0 aliphatic rings. The SMILES string of the molecule is COCc1ccc(S(=O)(=O)Nc2cccc(F)c2)cc1. The van der Waals surface area contributed by atoms with Gasteiger partial charge in [-0.15, -0.1) is 0 Å². The van der Waals surface area contributed by atoms with E-state index in [9.17, 15) is 12.8 Å². The smallest absolute Gasteiger partial charge is 0.261 e. The lowest BCUT2D eigenvalue weighted by molar-refractivity contribution is 0.185. The topological polar surface area (TPSA) is 55.4 Å². The quantitative estimate of drug-likeness (QED) is 0.923. The van der Waals surface area contributed by atoms with Gasteiger partial charge in [-0.2, -0.15) is 0 Å². The fraction of sp³-hybridized carbons (Fsp3) is 0.143. The van der Waals surface area contributed by atoms with Crippen molar-refractivity contribution >= 4 is 15.7 Å². The normalized spacial score (nSPS) is 11.3. The van der Waals surface area contributed by atoms with Gasteiger partial charge in [-0.25, -0.2) is 12.8 Å². The molecule has 0 saturated heterocycles. The van der Waals surface area contributed by atoms with Gasteiger partial charge >= 0.3 is 0 Å². The van der Waals surface area contributed by atoms with Gasteiger partial charge in [0.15, 0.2) is 0 Å². The first-order chi connectivity index (χ1) is 9.51. The third-order valence-corrected chi connectivity index (χ3v) is 4.02. The number of halogens is 1. The van der Waals surface area contributed by atoms with Gasteiger partial charge in [-0.1, -0.05) is 18.2 Å². The molecule has 0 bridgehead atoms. The summed E-state index contributed by atoms with van der Waals surface area (Å²) in [7, 11) is -2.15. The zero-order valence-electron chi connectivity index (χ0n) is 10.8. The molecule has 0 radical (unpaired) electrons. The molecule has 0 saturated carbocycles. The van der Waals surface area contributed by atoms with Gasteiger partial charge in [-0.05, 0) is 35.9 Å². The van der Waals surface area contributed by atoms with Gasteiger partial charge in [-0.3, -0.25) is 4.72 Å². The van der Waals surface area contributed by atoms with Gasteiger partial charge < -0.3 is 4.74 Å². The lowest BCUT2D eigenvalue weighted by atomic mass is 10.2. The lowest BCUT2D eigenvalue weighted by Crippen LogP contribution is -2.13. The first kappa shape index (κ1) is 14.5. The molecule has 0 aliphatic heterocycles. The summed E-state index contributed by atoms with van der Waals surface area (Å²) in [5.41, 5.74) is 1.06. The highest BCUT2D eigenvalue weighted by atomic mass is 32.2. The number of anilines is 1. The molecule has 0 heterocycles. The Morgan fingerprint density at radius 2 is 1.85 bits per heavy atom. The highest BCUT2D eigenvalue weighted by molar-refractivity contribution is 7.92. The molecule has 20 heavy (non-hydrogen) atoms. The van der Waals surface area contributed by atoms with Crippen LogP contribution in [0.1, 0.15) is 5.56 Å². The zero-order valence-corrected chi connectivity index (χ0v) is 11.7. The van der Waals surface area contributed by atoms with Crippen LogP contribution < -0.4 is 4.72 Å². The molecule has 106 valence electrons. The Labute approximate surface area is 117 Å². The second-order valence-corrected chi connectivity index (χ2v) is 5.88. The van der Waals surface area contributed by atoms with Crippen LogP contribution in [0.4, 0.5) is 10.1 Å². The third-order valence-electron chi connectivity index (χ3n) is 2.62. The van der Waals surface area contributed by atoms with Crippen molar-refractivity contribution in [2.24, 2.45) is 0 Å². The number of rotatable bonds is 5. The van der Waals surface area contributed by atoms with Crippen molar-refractivity contribution < 1.29 is 17.5 Å². The van der Waals surface area contributed by atoms with Gasteiger partial charge in [0.25, 0.3) is 10.0 Å². The molecule has 0 spiro atoms. The van der Waals surface area contributed by atoms with Crippen molar-refractivity contribution in [1.82, 2.24) is 0 Å². The summed E-state index contributed by atoms with van der Waals surface area (Å²) in [6, 6.07) is 11.6. The highest BCUT2D eigenvalue weighted by Gasteiger charge is 2.14. The van der Waals surface area contributed by atoms with E-state index in [-0.39, 0.29) is 10.6 Å². The summed E-state index contributed by atoms with van der Waals surface area (Å²) in [6.07, 6.45) is 0. The number of nitrogens with one attached hydrogen (secondary N) is 1. The minimum absolute atomic E-state index is 0.113. The minimum atomic E-state index is -3.72. The van der Waals surface area contributed by atoms with E-state index >= 15 is 0 Å². The molecular weight excluding hydrogens is 281 g/mol. The van der Waals surface area contributed by atoms with Crippen LogP contribution in [0.5, 0.6) is 0 Å². The van der Waals surface area contributed by atoms with Crippen LogP contribution in [0.15, 0.2) is 53.4 Å². The van der Waals surface area contributed by atoms with Crippen molar-refractivity contribution in [3.05, 3.63) is 59.9 Å². The first-order valence-electron chi connectivity index (χ1n) is 5.87. The average molecular weight is 295 g/mol. The molecule has 0 atom stereocenters. The van der Waals surface area contributed by atoms with Crippen molar-refractivity contribution in [1.29, 1.82) is 0 Å². The fourth-order valence-electron chi connectivity index (χ4n) is 1.70. The molecule has 0 aromatic heterocycles. The van der Waals surface area contributed by atoms with E-state index in [4.69, 9.17) is 4.74 Å². The summed E-state index contributed by atoms with van der Waals surface area (Å²) in [4.78, 5) is 0.113. The second-order valence-electron chi connectivity index (χ2n) is 4.19. The fourth-order valence-corrected chi connectivity index (χ4v) is 2.75. The summed E-state index contributed by atoms with van der Waals surface area (Å²) in [6.45, 7) is 0.414. The van der Waals surface area contributed by atoms with Crippen LogP contribution >= 0.6 is 0 Å². The van der Waals surface area contributed by atoms with E-state index < -0.39 is 15.8 Å². The largest absolute Gasteiger partial charge is 0.380 e. The van der Waals surface area contributed by atoms with Crippen LogP contribution in [0, 0.1) is 5.82 Å². The summed E-state index contributed by atoms with van der Waals surface area (Å²) in [5, 5.41) is 0. The summed E-state index contributed by atoms with van der Waals surface area (Å²) in [5.74, 6) is -0.499. The average Bonchev–Trinajstić information content (AvgIpc) is 2.39. The number of methoxy groups -OCH3 is 1. The Morgan fingerprint density at radius 3 is 2.45 bits per heavy atom. The van der Waals surface area contributed by atoms with E-state index in [1.807, 2.05) is 0 Å². The first-order valence-corrected chi connectivity index (χ1v) is 7.36. The van der Waals surface area contributed by atoms with Crippen LogP contribution in [-0.4, -0.2) is 15.5 Å². The monoisotopic (exact) mass is 295 g/mol. The minimum Gasteiger partial charge on any atom is -0.380 e. The Kier molecular flexibility index (Phi) is 4.36. The maximum absolute atomic E-state index is 13.0. The molecule has 0 amide bonds. The van der Waals surface area contributed by atoms with E-state index in [0.717, 1.165) is 11.6 Å². The van der Waals surface area contributed by atoms with E-state index in [1.165, 1.54) is 30.3 Å². The number of ether oxygens (including phenoxy) is 1. The molecular formula is C14H14FNO3S. The second kappa shape index (κ2) is 6.02. The highest BCUT2D eigenvalue weighted by Crippen LogP contribution is 2.17. The van der Waals surface area contributed by atoms with Gasteiger partial charge in [0, 0.05) is 7.11 Å². The Bertz CT molecular complexity index is 684. The number of hydrogen-bond acceptors (Lipinski definition) is 3. The molecule has 2 aromatic rings. The van der Waals surface area contributed by atoms with Crippen LogP contribution in [-0.2, 0) is 21.4 Å². The molecule has 1 N–H and O–H groups in total. The van der Waals surface area contributed by atoms with Crippen molar-refractivity contribution in [3.63, 3.8) is 0 Å². The van der Waals surface area contributed by atoms with E-state index in [1.54, 1.807) is 19.2 Å². The Hall–Kier alpha value is -1.92. The van der Waals surface area contributed by atoms with Crippen LogP contribution in [0.2, 0.25) is 0 Å². The maximum atomic E-state index is 13.0. The maximum Gasteiger partial charge on any atom is 0.261 e. The third kappa shape index (κ3) is 3.55. The summed E-state index contributed by atoms with van der Waals surface area (Å²) >= 11 is 0. The molecule has 0 unspecified atom stereocenters. The van der Waals surface area contributed by atoms with Crippen molar-refractivity contribution in [3.8, 4) is 0 Å². The van der Waals surface area contributed by atoms with Crippen LogP contribution in [0.25, 0.3) is 0 Å². The molecule has 6 heteroatoms. The lowest BCUT2D eigenvalue weighted by Gasteiger charge is -2.08. The number of hydrogen-bond donors (Lipinski definition) is 1.